The Bertz CT molecular complexity index is 623. The minimum atomic E-state index is 0.0427. The van der Waals surface area contributed by atoms with Crippen LogP contribution in [0.2, 0.25) is 0 Å². The molecule has 1 atom stereocenters. The number of aromatic amines is 1. The summed E-state index contributed by atoms with van der Waals surface area (Å²) in [5.74, 6) is 0.781. The number of nitrogens with two attached hydrogens (primary N) is 1. The molecule has 6 nitrogen and oxygen atoms in total. The van der Waals surface area contributed by atoms with Crippen LogP contribution in [0.3, 0.4) is 0 Å². The van der Waals surface area contributed by atoms with Crippen LogP contribution >= 0.6 is 0 Å². The molecule has 3 rings (SSSR count). The molecule has 1 aromatic heterocycles. The number of carbonyl (C=O) groups excluding carboxylic acids is 1. The van der Waals surface area contributed by atoms with E-state index in [4.69, 9.17) is 5.73 Å². The van der Waals surface area contributed by atoms with Crippen molar-refractivity contribution in [3.05, 3.63) is 41.5 Å². The van der Waals surface area contributed by atoms with E-state index in [1.54, 1.807) is 0 Å². The lowest BCUT2D eigenvalue weighted by Gasteiger charge is -2.26. The number of aromatic nitrogens is 3. The number of carbonyl (C=O) groups is 1. The largest absolute Gasteiger partial charge is 0.399 e. The molecule has 0 saturated heterocycles. The van der Waals surface area contributed by atoms with Gasteiger partial charge in [-0.1, -0.05) is 6.07 Å². The van der Waals surface area contributed by atoms with Gasteiger partial charge in [0.25, 0.3) is 0 Å². The molecule has 1 amide bonds. The molecule has 21 heavy (non-hydrogen) atoms. The smallest absolute Gasteiger partial charge is 0.220 e. The number of anilines is 1. The van der Waals surface area contributed by atoms with Crippen molar-refractivity contribution in [2.75, 3.05) is 5.73 Å². The summed E-state index contributed by atoms with van der Waals surface area (Å²) in [5.41, 5.74) is 9.06. The lowest BCUT2D eigenvalue weighted by Crippen LogP contribution is -2.31. The Morgan fingerprint density at radius 2 is 2.38 bits per heavy atom. The molecule has 1 unspecified atom stereocenters. The van der Waals surface area contributed by atoms with Crippen LogP contribution in [0, 0.1) is 0 Å². The number of H-pyrrole nitrogens is 1. The fourth-order valence-electron chi connectivity index (χ4n) is 2.83. The zero-order valence-corrected chi connectivity index (χ0v) is 11.8. The summed E-state index contributed by atoms with van der Waals surface area (Å²) >= 11 is 0. The Balaban J connectivity index is 1.62. The molecule has 1 aliphatic rings. The van der Waals surface area contributed by atoms with Crippen molar-refractivity contribution in [1.82, 2.24) is 20.5 Å². The Hall–Kier alpha value is -2.37. The topological polar surface area (TPSA) is 96.7 Å². The number of benzene rings is 1. The summed E-state index contributed by atoms with van der Waals surface area (Å²) in [5, 5.41) is 9.65. The summed E-state index contributed by atoms with van der Waals surface area (Å²) in [6.07, 6.45) is 5.53. The van der Waals surface area contributed by atoms with Gasteiger partial charge in [-0.25, -0.2) is 4.98 Å². The maximum Gasteiger partial charge on any atom is 0.220 e. The SMILES string of the molecule is Nc1ccc2c(c1)CCCC2NC(=O)CCc1ncn[nH]1. The molecule has 0 spiro atoms. The van der Waals surface area contributed by atoms with Crippen LogP contribution in [0.4, 0.5) is 5.69 Å². The van der Waals surface area contributed by atoms with E-state index in [0.29, 0.717) is 12.8 Å². The quantitative estimate of drug-likeness (QED) is 0.742. The third-order valence-electron chi connectivity index (χ3n) is 3.87. The van der Waals surface area contributed by atoms with Crippen molar-refractivity contribution < 1.29 is 4.79 Å². The number of rotatable bonds is 4. The van der Waals surface area contributed by atoms with Gasteiger partial charge in [-0.3, -0.25) is 9.89 Å². The Kier molecular flexibility index (Phi) is 3.85. The summed E-state index contributed by atoms with van der Waals surface area (Å²) in [4.78, 5) is 16.1. The van der Waals surface area contributed by atoms with Gasteiger partial charge in [-0.15, -0.1) is 0 Å². The van der Waals surface area contributed by atoms with Gasteiger partial charge in [-0.05, 0) is 42.5 Å². The van der Waals surface area contributed by atoms with Gasteiger partial charge in [-0.2, -0.15) is 5.10 Å². The van der Waals surface area contributed by atoms with Crippen LogP contribution in [0.5, 0.6) is 0 Å². The van der Waals surface area contributed by atoms with E-state index in [-0.39, 0.29) is 11.9 Å². The second-order valence-electron chi connectivity index (χ2n) is 5.40. The lowest BCUT2D eigenvalue weighted by molar-refractivity contribution is -0.121. The second kappa shape index (κ2) is 5.95. The van der Waals surface area contributed by atoms with Crippen molar-refractivity contribution in [2.24, 2.45) is 0 Å². The molecule has 0 saturated carbocycles. The third kappa shape index (κ3) is 3.21. The number of nitrogens with one attached hydrogen (secondary N) is 2. The summed E-state index contributed by atoms with van der Waals surface area (Å²) in [6, 6.07) is 6.04. The molecular formula is C15H19N5O. The van der Waals surface area contributed by atoms with E-state index in [1.807, 2.05) is 18.2 Å². The van der Waals surface area contributed by atoms with Crippen molar-refractivity contribution in [3.8, 4) is 0 Å². The molecule has 1 heterocycles. The Morgan fingerprint density at radius 1 is 1.48 bits per heavy atom. The monoisotopic (exact) mass is 285 g/mol. The first kappa shape index (κ1) is 13.6. The average Bonchev–Trinajstić information content (AvgIpc) is 2.98. The molecular weight excluding hydrogens is 266 g/mol. The van der Waals surface area contributed by atoms with Crippen molar-refractivity contribution in [1.29, 1.82) is 0 Å². The van der Waals surface area contributed by atoms with Gasteiger partial charge < -0.3 is 11.1 Å². The van der Waals surface area contributed by atoms with Gasteiger partial charge in [0.05, 0.1) is 6.04 Å². The molecule has 0 fully saturated rings. The molecule has 110 valence electrons. The van der Waals surface area contributed by atoms with Gasteiger partial charge in [0.15, 0.2) is 0 Å². The van der Waals surface area contributed by atoms with Crippen LogP contribution in [0.25, 0.3) is 0 Å². The zero-order chi connectivity index (χ0) is 14.7. The standard InChI is InChI=1S/C15H19N5O/c16-11-4-5-12-10(8-11)2-1-3-13(12)19-15(21)7-6-14-17-9-18-20-14/h4-5,8-9,13H,1-3,6-7,16H2,(H,19,21)(H,17,18,20). The number of nitrogen functional groups attached to an aromatic ring is 1. The van der Waals surface area contributed by atoms with Crippen LogP contribution in [0.15, 0.2) is 24.5 Å². The summed E-state index contributed by atoms with van der Waals surface area (Å²) < 4.78 is 0. The Labute approximate surface area is 123 Å². The minimum Gasteiger partial charge on any atom is -0.399 e. The third-order valence-corrected chi connectivity index (χ3v) is 3.87. The maximum atomic E-state index is 12.1. The van der Waals surface area contributed by atoms with Gasteiger partial charge in [0, 0.05) is 18.5 Å². The highest BCUT2D eigenvalue weighted by molar-refractivity contribution is 5.76. The first-order valence-corrected chi connectivity index (χ1v) is 7.24. The van der Waals surface area contributed by atoms with E-state index >= 15 is 0 Å². The summed E-state index contributed by atoms with van der Waals surface area (Å²) in [7, 11) is 0. The first-order valence-electron chi connectivity index (χ1n) is 7.24. The average molecular weight is 285 g/mol. The number of aryl methyl sites for hydroxylation is 2. The highest BCUT2D eigenvalue weighted by Gasteiger charge is 2.21. The molecule has 1 aliphatic carbocycles. The first-order chi connectivity index (χ1) is 10.2. The van der Waals surface area contributed by atoms with Gasteiger partial charge in [0.1, 0.15) is 12.2 Å². The van der Waals surface area contributed by atoms with Crippen LogP contribution in [-0.4, -0.2) is 21.1 Å². The molecule has 0 radical (unpaired) electrons. The van der Waals surface area contributed by atoms with Crippen LogP contribution in [0.1, 0.15) is 42.3 Å². The highest BCUT2D eigenvalue weighted by atomic mass is 16.1. The summed E-state index contributed by atoms with van der Waals surface area (Å²) in [6.45, 7) is 0. The fourth-order valence-corrected chi connectivity index (χ4v) is 2.83. The van der Waals surface area contributed by atoms with Gasteiger partial charge in [0.2, 0.25) is 5.91 Å². The fraction of sp³-hybridized carbons (Fsp3) is 0.400. The van der Waals surface area contributed by atoms with E-state index in [2.05, 4.69) is 20.5 Å². The normalized spacial score (nSPS) is 17.2. The number of fused-ring (bicyclic) bond motifs is 1. The van der Waals surface area contributed by atoms with Crippen molar-refractivity contribution in [2.45, 2.75) is 38.1 Å². The number of nitrogens with zero attached hydrogens (tertiary/aromatic N) is 2. The molecule has 4 N–H and O–H groups in total. The second-order valence-corrected chi connectivity index (χ2v) is 5.40. The van der Waals surface area contributed by atoms with E-state index < -0.39 is 0 Å². The van der Waals surface area contributed by atoms with Crippen LogP contribution < -0.4 is 11.1 Å². The molecule has 0 aliphatic heterocycles. The van der Waals surface area contributed by atoms with E-state index in [0.717, 1.165) is 30.8 Å². The molecule has 6 heteroatoms. The van der Waals surface area contributed by atoms with E-state index in [9.17, 15) is 4.79 Å². The van der Waals surface area contributed by atoms with Crippen LogP contribution in [-0.2, 0) is 17.6 Å². The molecule has 0 bridgehead atoms. The minimum absolute atomic E-state index is 0.0427. The zero-order valence-electron chi connectivity index (χ0n) is 11.8. The van der Waals surface area contributed by atoms with Crippen molar-refractivity contribution >= 4 is 11.6 Å². The van der Waals surface area contributed by atoms with Crippen molar-refractivity contribution in [3.63, 3.8) is 0 Å². The predicted octanol–water partition coefficient (Wildman–Crippen LogP) is 1.51. The lowest BCUT2D eigenvalue weighted by atomic mass is 9.87. The maximum absolute atomic E-state index is 12.1. The number of hydrogen-bond acceptors (Lipinski definition) is 4. The predicted molar refractivity (Wildman–Crippen MR) is 79.4 cm³/mol. The number of hydrogen-bond donors (Lipinski definition) is 3. The highest BCUT2D eigenvalue weighted by Crippen LogP contribution is 2.30. The molecule has 2 aromatic rings. The Morgan fingerprint density at radius 3 is 3.19 bits per heavy atom. The van der Waals surface area contributed by atoms with Gasteiger partial charge >= 0.3 is 0 Å². The van der Waals surface area contributed by atoms with E-state index in [1.165, 1.54) is 17.5 Å². The number of amides is 1. The molecule has 1 aromatic carbocycles.